The monoisotopic (exact) mass is 402 g/mol. The zero-order valence-corrected chi connectivity index (χ0v) is 17.1. The summed E-state index contributed by atoms with van der Waals surface area (Å²) < 4.78 is 13.3. The van der Waals surface area contributed by atoms with Crippen molar-refractivity contribution < 1.29 is 9.47 Å². The molecule has 0 amide bonds. The number of fused-ring (bicyclic) bond motifs is 1. The van der Waals surface area contributed by atoms with Crippen LogP contribution in [0.1, 0.15) is 68.8 Å². The number of ether oxygens (including phenoxy) is 2. The molecule has 0 spiro atoms. The van der Waals surface area contributed by atoms with Crippen molar-refractivity contribution >= 4 is 28.3 Å². The predicted molar refractivity (Wildman–Crippen MR) is 112 cm³/mol. The van der Waals surface area contributed by atoms with Gasteiger partial charge in [-0.05, 0) is 44.2 Å². The maximum Gasteiger partial charge on any atom is 0.261 e. The maximum atomic E-state index is 13.4. The Hall–Kier alpha value is -1.85. The molecule has 1 aliphatic carbocycles. The van der Waals surface area contributed by atoms with Gasteiger partial charge in [0.05, 0.1) is 17.5 Å². The molecule has 5 nitrogen and oxygen atoms in total. The summed E-state index contributed by atoms with van der Waals surface area (Å²) in [7, 11) is 0. The van der Waals surface area contributed by atoms with E-state index in [1.807, 2.05) is 4.57 Å². The van der Waals surface area contributed by atoms with Crippen molar-refractivity contribution in [3.05, 3.63) is 45.5 Å². The van der Waals surface area contributed by atoms with Crippen LogP contribution in [0.4, 0.5) is 0 Å². The molecule has 2 fully saturated rings. The number of hydrogen-bond acceptors (Lipinski definition) is 4. The van der Waals surface area contributed by atoms with E-state index in [0.717, 1.165) is 44.3 Å². The number of nitrogens with zero attached hydrogens (tertiary/aromatic N) is 2. The Morgan fingerprint density at radius 3 is 2.75 bits per heavy atom. The Balaban J connectivity index is 1.85. The summed E-state index contributed by atoms with van der Waals surface area (Å²) >= 11 is 6.35. The van der Waals surface area contributed by atoms with Crippen molar-refractivity contribution in [1.29, 1.82) is 0 Å². The Morgan fingerprint density at radius 2 is 2.07 bits per heavy atom. The summed E-state index contributed by atoms with van der Waals surface area (Å²) in [5.74, 6) is 1.65. The molecule has 1 saturated carbocycles. The topological polar surface area (TPSA) is 53.4 Å². The SMILES string of the molecule is C=C(OCCCC)c1cc(Cl)cc2c(=O)n(C3CC3)c(C3CCOCC3)nc12. The fourth-order valence-electron chi connectivity index (χ4n) is 3.84. The van der Waals surface area contributed by atoms with Gasteiger partial charge < -0.3 is 9.47 Å². The third-order valence-corrected chi connectivity index (χ3v) is 5.79. The van der Waals surface area contributed by atoms with E-state index in [0.29, 0.717) is 47.1 Å². The molecule has 1 aromatic heterocycles. The molecule has 150 valence electrons. The van der Waals surface area contributed by atoms with Crippen LogP contribution in [-0.2, 0) is 9.47 Å². The van der Waals surface area contributed by atoms with E-state index in [2.05, 4.69) is 13.5 Å². The Bertz CT molecular complexity index is 943. The van der Waals surface area contributed by atoms with Crippen LogP contribution in [0.15, 0.2) is 23.5 Å². The Morgan fingerprint density at radius 1 is 1.32 bits per heavy atom. The molecule has 2 aliphatic rings. The Kier molecular flexibility index (Phi) is 5.74. The van der Waals surface area contributed by atoms with E-state index in [4.69, 9.17) is 26.1 Å². The lowest BCUT2D eigenvalue weighted by molar-refractivity contribution is 0.0825. The maximum absolute atomic E-state index is 13.4. The first-order valence-electron chi connectivity index (χ1n) is 10.3. The molecular formula is C22H27ClN2O3. The quantitative estimate of drug-likeness (QED) is 0.479. The van der Waals surface area contributed by atoms with Gasteiger partial charge in [-0.15, -0.1) is 0 Å². The minimum atomic E-state index is -0.000833. The number of unbranched alkanes of at least 4 members (excludes halogenated alkanes) is 1. The van der Waals surface area contributed by atoms with Gasteiger partial charge in [-0.3, -0.25) is 9.36 Å². The summed E-state index contributed by atoms with van der Waals surface area (Å²) in [6.45, 7) is 8.21. The van der Waals surface area contributed by atoms with Crippen LogP contribution in [-0.4, -0.2) is 29.4 Å². The van der Waals surface area contributed by atoms with Gasteiger partial charge in [0.1, 0.15) is 11.6 Å². The summed E-state index contributed by atoms with van der Waals surface area (Å²) in [4.78, 5) is 18.4. The molecular weight excluding hydrogens is 376 g/mol. The van der Waals surface area contributed by atoms with Crippen LogP contribution < -0.4 is 5.56 Å². The second kappa shape index (κ2) is 8.26. The fourth-order valence-corrected chi connectivity index (χ4v) is 4.06. The molecule has 1 aromatic carbocycles. The van der Waals surface area contributed by atoms with Crippen LogP contribution in [0.25, 0.3) is 16.7 Å². The fraction of sp³-hybridized carbons (Fsp3) is 0.545. The van der Waals surface area contributed by atoms with Gasteiger partial charge in [0, 0.05) is 35.8 Å². The molecule has 2 aromatic rings. The van der Waals surface area contributed by atoms with Gasteiger partial charge >= 0.3 is 0 Å². The number of aromatic nitrogens is 2. The van der Waals surface area contributed by atoms with Crippen LogP contribution in [0, 0.1) is 0 Å². The van der Waals surface area contributed by atoms with Crippen LogP contribution in [0.2, 0.25) is 5.02 Å². The van der Waals surface area contributed by atoms with Crippen molar-refractivity contribution in [2.75, 3.05) is 19.8 Å². The van der Waals surface area contributed by atoms with Crippen LogP contribution >= 0.6 is 11.6 Å². The smallest absolute Gasteiger partial charge is 0.261 e. The van der Waals surface area contributed by atoms with Crippen LogP contribution in [0.5, 0.6) is 0 Å². The highest BCUT2D eigenvalue weighted by atomic mass is 35.5. The third kappa shape index (κ3) is 3.83. The van der Waals surface area contributed by atoms with Crippen LogP contribution in [0.3, 0.4) is 0 Å². The zero-order valence-electron chi connectivity index (χ0n) is 16.4. The molecule has 0 atom stereocenters. The minimum absolute atomic E-state index is 0.000833. The van der Waals surface area contributed by atoms with Crippen molar-refractivity contribution in [2.45, 2.75) is 57.4 Å². The molecule has 0 radical (unpaired) electrons. The molecule has 28 heavy (non-hydrogen) atoms. The summed E-state index contributed by atoms with van der Waals surface area (Å²) in [5.41, 5.74) is 1.36. The first-order valence-corrected chi connectivity index (χ1v) is 10.6. The van der Waals surface area contributed by atoms with E-state index in [-0.39, 0.29) is 17.5 Å². The number of rotatable bonds is 7. The second-order valence-electron chi connectivity index (χ2n) is 7.74. The lowest BCUT2D eigenvalue weighted by atomic mass is 9.98. The molecule has 1 saturated heterocycles. The van der Waals surface area contributed by atoms with Gasteiger partial charge in [-0.1, -0.05) is 31.5 Å². The normalized spacial score (nSPS) is 17.8. The molecule has 0 N–H and O–H groups in total. The lowest BCUT2D eigenvalue weighted by Crippen LogP contribution is -2.29. The molecule has 2 heterocycles. The van der Waals surface area contributed by atoms with Crippen molar-refractivity contribution in [1.82, 2.24) is 9.55 Å². The molecule has 0 bridgehead atoms. The number of hydrogen-bond donors (Lipinski definition) is 0. The summed E-state index contributed by atoms with van der Waals surface area (Å²) in [6, 6.07) is 3.79. The van der Waals surface area contributed by atoms with Crippen molar-refractivity contribution in [3.63, 3.8) is 0 Å². The third-order valence-electron chi connectivity index (χ3n) is 5.57. The molecule has 6 heteroatoms. The average molecular weight is 403 g/mol. The highest BCUT2D eigenvalue weighted by Gasteiger charge is 2.32. The minimum Gasteiger partial charge on any atom is -0.494 e. The first-order chi connectivity index (χ1) is 13.6. The predicted octanol–water partition coefficient (Wildman–Crippen LogP) is 5.07. The highest BCUT2D eigenvalue weighted by Crippen LogP contribution is 2.38. The van der Waals surface area contributed by atoms with E-state index in [1.54, 1.807) is 12.1 Å². The zero-order chi connectivity index (χ0) is 19.7. The molecule has 1 aliphatic heterocycles. The van der Waals surface area contributed by atoms with E-state index in [9.17, 15) is 4.79 Å². The van der Waals surface area contributed by atoms with Crippen molar-refractivity contribution in [2.24, 2.45) is 0 Å². The van der Waals surface area contributed by atoms with Gasteiger partial charge in [0.2, 0.25) is 0 Å². The molecule has 4 rings (SSSR count). The highest BCUT2D eigenvalue weighted by molar-refractivity contribution is 6.31. The molecule has 0 unspecified atom stereocenters. The summed E-state index contributed by atoms with van der Waals surface area (Å²) in [6.07, 6.45) is 5.84. The van der Waals surface area contributed by atoms with E-state index < -0.39 is 0 Å². The first kappa shape index (κ1) is 19.5. The van der Waals surface area contributed by atoms with E-state index in [1.165, 1.54) is 0 Å². The lowest BCUT2D eigenvalue weighted by Gasteiger charge is -2.25. The summed E-state index contributed by atoms with van der Waals surface area (Å²) in [5, 5.41) is 1.05. The van der Waals surface area contributed by atoms with E-state index >= 15 is 0 Å². The number of halogens is 1. The largest absolute Gasteiger partial charge is 0.494 e. The average Bonchev–Trinajstić information content (AvgIpc) is 3.53. The van der Waals surface area contributed by atoms with Gasteiger partial charge in [-0.25, -0.2) is 4.98 Å². The Labute approximate surface area is 170 Å². The van der Waals surface area contributed by atoms with Gasteiger partial charge in [0.25, 0.3) is 5.56 Å². The van der Waals surface area contributed by atoms with Crippen molar-refractivity contribution in [3.8, 4) is 0 Å². The standard InChI is InChI=1S/C22H27ClN2O3/c1-3-4-9-28-14(2)18-12-16(23)13-19-20(18)24-21(15-7-10-27-11-8-15)25(22(19)26)17-5-6-17/h12-13,15,17H,2-11H2,1H3. The van der Waals surface area contributed by atoms with Gasteiger partial charge in [-0.2, -0.15) is 0 Å². The second-order valence-corrected chi connectivity index (χ2v) is 8.17. The van der Waals surface area contributed by atoms with Gasteiger partial charge in [0.15, 0.2) is 0 Å². The number of benzene rings is 1.